The third-order valence-corrected chi connectivity index (χ3v) is 3.70. The molecule has 1 aliphatic rings. The molecule has 3 rings (SSSR count). The van der Waals surface area contributed by atoms with Crippen molar-refractivity contribution in [1.82, 2.24) is 5.32 Å². The average Bonchev–Trinajstić information content (AvgIpc) is 2.64. The van der Waals surface area contributed by atoms with Gasteiger partial charge in [0, 0.05) is 10.6 Å². The number of carbonyl (C=O) groups excluding carboxylic acids is 1. The molecule has 0 aliphatic carbocycles. The van der Waals surface area contributed by atoms with Crippen LogP contribution in [0.25, 0.3) is 0 Å². The quantitative estimate of drug-likeness (QED) is 0.629. The lowest BCUT2D eigenvalue weighted by Gasteiger charge is -2.08. The van der Waals surface area contributed by atoms with Gasteiger partial charge in [-0.15, -0.1) is 10.2 Å². The monoisotopic (exact) mass is 367 g/mol. The van der Waals surface area contributed by atoms with Crippen LogP contribution in [0.15, 0.2) is 81.2 Å². The molecule has 0 aromatic heterocycles. The molecule has 0 spiro atoms. The summed E-state index contributed by atoms with van der Waals surface area (Å²) in [6.45, 7) is 3.98. The minimum Gasteiger partial charge on any atom is -0.489 e. The third kappa shape index (κ3) is 4.61. The molecule has 0 unspecified atom stereocenters. The zero-order chi connectivity index (χ0) is 18.4. The van der Waals surface area contributed by atoms with E-state index < -0.39 is 6.03 Å². The molecule has 2 aromatic rings. The van der Waals surface area contributed by atoms with Gasteiger partial charge < -0.3 is 4.74 Å². The highest BCUT2D eigenvalue weighted by atomic mass is 35.5. The summed E-state index contributed by atoms with van der Waals surface area (Å²) in [7, 11) is 0. The number of benzene rings is 2. The minimum atomic E-state index is -0.610. The number of rotatable bonds is 5. The van der Waals surface area contributed by atoms with Gasteiger partial charge in [-0.05, 0) is 23.8 Å². The number of nitrogens with zero attached hydrogens (tertiary/aromatic N) is 4. The van der Waals surface area contributed by atoms with Gasteiger partial charge >= 0.3 is 6.03 Å². The summed E-state index contributed by atoms with van der Waals surface area (Å²) >= 11 is 6.12. The summed E-state index contributed by atoms with van der Waals surface area (Å²) in [5, 5.41) is 17.8. The van der Waals surface area contributed by atoms with Crippen LogP contribution >= 0.6 is 11.6 Å². The maximum atomic E-state index is 11.1. The summed E-state index contributed by atoms with van der Waals surface area (Å²) < 4.78 is 5.76. The average molecular weight is 368 g/mol. The second-order valence-corrected chi connectivity index (χ2v) is 5.63. The molecule has 1 aliphatic heterocycles. The molecule has 2 amide bonds. The maximum Gasteiger partial charge on any atom is 0.365 e. The largest absolute Gasteiger partial charge is 0.489 e. The van der Waals surface area contributed by atoms with Crippen molar-refractivity contribution in [2.24, 2.45) is 20.4 Å². The molecular weight excluding hydrogens is 354 g/mol. The fourth-order valence-corrected chi connectivity index (χ4v) is 2.24. The maximum absolute atomic E-state index is 11.1. The topological polar surface area (TPSA) is 87.8 Å². The molecule has 0 atom stereocenters. The van der Waals surface area contributed by atoms with Gasteiger partial charge in [-0.2, -0.15) is 5.10 Å². The zero-order valence-electron chi connectivity index (χ0n) is 13.6. The van der Waals surface area contributed by atoms with Crippen molar-refractivity contribution in [2.45, 2.75) is 6.61 Å². The van der Waals surface area contributed by atoms with Crippen molar-refractivity contribution in [3.8, 4) is 5.75 Å². The Bertz CT molecular complexity index is 937. The molecule has 130 valence electrons. The van der Waals surface area contributed by atoms with E-state index in [0.717, 1.165) is 11.1 Å². The number of urea groups is 1. The molecule has 7 nitrogen and oxygen atoms in total. The van der Waals surface area contributed by atoms with Crippen LogP contribution < -0.4 is 10.1 Å². The first kappa shape index (κ1) is 17.5. The first-order valence-electron chi connectivity index (χ1n) is 7.61. The molecular formula is C18H14ClN5O2. The molecule has 1 N–H and O–H groups in total. The molecule has 0 saturated carbocycles. The van der Waals surface area contributed by atoms with Crippen LogP contribution in [0.4, 0.5) is 4.79 Å². The highest BCUT2D eigenvalue weighted by Gasteiger charge is 2.14. The molecule has 0 bridgehead atoms. The summed E-state index contributed by atoms with van der Waals surface area (Å²) in [4.78, 5) is 11.1. The van der Waals surface area contributed by atoms with Crippen molar-refractivity contribution in [2.75, 3.05) is 0 Å². The van der Waals surface area contributed by atoms with E-state index in [4.69, 9.17) is 16.3 Å². The number of hydrogen-bond acceptors (Lipinski definition) is 5. The van der Waals surface area contributed by atoms with E-state index in [1.54, 1.807) is 0 Å². The lowest BCUT2D eigenvalue weighted by molar-refractivity contribution is 0.251. The Morgan fingerprint density at radius 1 is 1.19 bits per heavy atom. The lowest BCUT2D eigenvalue weighted by Crippen LogP contribution is -2.31. The van der Waals surface area contributed by atoms with Gasteiger partial charge in [-0.3, -0.25) is 5.32 Å². The fraction of sp³-hybridized carbons (Fsp3) is 0.0556. The van der Waals surface area contributed by atoms with E-state index in [-0.39, 0.29) is 11.5 Å². The number of ether oxygens (including phenoxy) is 1. The molecule has 2 aromatic carbocycles. The van der Waals surface area contributed by atoms with Crippen molar-refractivity contribution in [1.29, 1.82) is 0 Å². The van der Waals surface area contributed by atoms with Crippen LogP contribution in [0.5, 0.6) is 5.75 Å². The number of amidine groups is 1. The van der Waals surface area contributed by atoms with Gasteiger partial charge in [0.05, 0.1) is 6.21 Å². The molecule has 0 saturated heterocycles. The summed E-state index contributed by atoms with van der Waals surface area (Å²) in [5.74, 6) is 0.832. The standard InChI is InChI=1S/C18H14ClN5O2/c1-12-17(21-18(25)24-22-12)23-20-10-13-5-4-7-15(9-13)26-11-14-6-2-3-8-16(14)19/h2-10H,1,11H2,(H,21,23,25)/b20-10+. The van der Waals surface area contributed by atoms with Crippen LogP contribution in [-0.4, -0.2) is 18.1 Å². The summed E-state index contributed by atoms with van der Waals surface area (Å²) in [6.07, 6.45) is 1.53. The third-order valence-electron chi connectivity index (χ3n) is 3.34. The Morgan fingerprint density at radius 3 is 2.88 bits per heavy atom. The summed E-state index contributed by atoms with van der Waals surface area (Å²) in [5.41, 5.74) is 1.92. The van der Waals surface area contributed by atoms with Crippen LogP contribution in [0.1, 0.15) is 11.1 Å². The first-order chi connectivity index (χ1) is 12.6. The molecule has 1 heterocycles. The van der Waals surface area contributed by atoms with Gasteiger partial charge in [0.2, 0.25) is 0 Å². The fourth-order valence-electron chi connectivity index (χ4n) is 2.05. The van der Waals surface area contributed by atoms with Crippen molar-refractivity contribution in [3.05, 3.63) is 77.0 Å². The van der Waals surface area contributed by atoms with Gasteiger partial charge in [-0.25, -0.2) is 4.79 Å². The molecule has 0 radical (unpaired) electrons. The highest BCUT2D eigenvalue weighted by molar-refractivity contribution is 6.31. The van der Waals surface area contributed by atoms with E-state index >= 15 is 0 Å². The van der Waals surface area contributed by atoms with E-state index in [1.165, 1.54) is 6.21 Å². The van der Waals surface area contributed by atoms with E-state index in [9.17, 15) is 4.79 Å². The zero-order valence-corrected chi connectivity index (χ0v) is 14.3. The van der Waals surface area contributed by atoms with Gasteiger partial charge in [0.25, 0.3) is 0 Å². The Morgan fingerprint density at radius 2 is 2.04 bits per heavy atom. The molecule has 0 fully saturated rings. The van der Waals surface area contributed by atoms with Crippen LogP contribution in [0.2, 0.25) is 5.02 Å². The number of azo groups is 1. The number of amides is 2. The van der Waals surface area contributed by atoms with Gasteiger partial charge in [0.1, 0.15) is 18.1 Å². The van der Waals surface area contributed by atoms with Crippen LogP contribution in [0.3, 0.4) is 0 Å². The van der Waals surface area contributed by atoms with E-state index in [1.807, 2.05) is 48.5 Å². The minimum absolute atomic E-state index is 0.160. The van der Waals surface area contributed by atoms with Crippen molar-refractivity contribution >= 4 is 29.7 Å². The second kappa shape index (κ2) is 8.17. The smallest absolute Gasteiger partial charge is 0.365 e. The van der Waals surface area contributed by atoms with Gasteiger partial charge in [-0.1, -0.05) is 53.6 Å². The van der Waals surface area contributed by atoms with Crippen LogP contribution in [0, 0.1) is 0 Å². The van der Waals surface area contributed by atoms with E-state index in [0.29, 0.717) is 17.4 Å². The van der Waals surface area contributed by atoms with Crippen molar-refractivity contribution < 1.29 is 9.53 Å². The molecule has 26 heavy (non-hydrogen) atoms. The predicted molar refractivity (Wildman–Crippen MR) is 99.8 cm³/mol. The Balaban J connectivity index is 1.66. The van der Waals surface area contributed by atoms with Gasteiger partial charge in [0.15, 0.2) is 5.84 Å². The number of nitrogens with one attached hydrogen (secondary N) is 1. The Kier molecular flexibility index (Phi) is 5.50. The SMILES string of the molecule is C=C1N=NC(=O)N/C1=N/N=C/c1cccc(OCc2ccccc2Cl)c1. The van der Waals surface area contributed by atoms with Crippen molar-refractivity contribution in [3.63, 3.8) is 0 Å². The number of hydrogen-bond donors (Lipinski definition) is 1. The number of halogens is 1. The lowest BCUT2D eigenvalue weighted by atomic mass is 10.2. The number of carbonyl (C=O) groups is 1. The van der Waals surface area contributed by atoms with E-state index in [2.05, 4.69) is 32.3 Å². The first-order valence-corrected chi connectivity index (χ1v) is 7.99. The Labute approximate surface area is 154 Å². The second-order valence-electron chi connectivity index (χ2n) is 5.22. The Hall–Kier alpha value is -3.32. The highest BCUT2D eigenvalue weighted by Crippen LogP contribution is 2.19. The van der Waals surface area contributed by atoms with Crippen LogP contribution in [-0.2, 0) is 6.61 Å². The predicted octanol–water partition coefficient (Wildman–Crippen LogP) is 4.34. The molecule has 8 heteroatoms. The normalized spacial score (nSPS) is 15.5. The summed E-state index contributed by atoms with van der Waals surface area (Å²) in [6, 6.07) is 14.2.